The first-order chi connectivity index (χ1) is 20.7. The second-order valence-electron chi connectivity index (χ2n) is 12.7. The third kappa shape index (κ3) is 5.24. The van der Waals surface area contributed by atoms with Crippen molar-refractivity contribution in [2.24, 2.45) is 5.41 Å². The van der Waals surface area contributed by atoms with E-state index in [0.29, 0.717) is 63.6 Å². The Kier molecular flexibility index (Phi) is 7.86. The number of carbonyl (C=O) groups excluding carboxylic acids is 2. The number of likely N-dealkylation sites (tertiary alicyclic amines) is 1. The van der Waals surface area contributed by atoms with Crippen LogP contribution >= 0.6 is 0 Å². The minimum Gasteiger partial charge on any atom is -0.462 e. The minimum atomic E-state index is -0.574. The molecule has 1 aromatic heterocycles. The predicted molar refractivity (Wildman–Crippen MR) is 165 cm³/mol. The van der Waals surface area contributed by atoms with Gasteiger partial charge >= 0.3 is 6.01 Å². The van der Waals surface area contributed by atoms with Crippen LogP contribution < -0.4 is 14.5 Å². The van der Waals surface area contributed by atoms with Crippen molar-refractivity contribution in [3.05, 3.63) is 53.2 Å². The SMILES string of the molecule is C=CC(=O)N1CCN(c2nc(OCC3CCCN3C)nc3c2CC[C@@]2(Cc4cccc(C)c4N(C)C2)C3=O)CC1CC#N. The highest BCUT2D eigenvalue weighted by molar-refractivity contribution is 6.03. The van der Waals surface area contributed by atoms with E-state index in [-0.39, 0.29) is 36.2 Å². The molecule has 1 amide bonds. The van der Waals surface area contributed by atoms with E-state index in [0.717, 1.165) is 24.9 Å². The Labute approximate surface area is 253 Å². The van der Waals surface area contributed by atoms with Gasteiger partial charge in [0.1, 0.15) is 18.1 Å². The molecule has 10 heteroatoms. The third-order valence-electron chi connectivity index (χ3n) is 9.93. The number of Topliss-reactive ketones (excluding diaryl/α,β-unsaturated/α-hetero) is 1. The van der Waals surface area contributed by atoms with Gasteiger partial charge in [0.25, 0.3) is 0 Å². The molecule has 0 saturated carbocycles. The Hall–Kier alpha value is -3.97. The number of para-hydroxylation sites is 1. The fourth-order valence-electron chi connectivity index (χ4n) is 7.70. The lowest BCUT2D eigenvalue weighted by Gasteiger charge is -2.46. The van der Waals surface area contributed by atoms with Gasteiger partial charge in [0.05, 0.1) is 23.9 Å². The van der Waals surface area contributed by atoms with E-state index < -0.39 is 5.41 Å². The van der Waals surface area contributed by atoms with Crippen LogP contribution in [0, 0.1) is 23.7 Å². The van der Waals surface area contributed by atoms with Gasteiger partial charge in [-0.3, -0.25) is 9.59 Å². The van der Waals surface area contributed by atoms with E-state index in [4.69, 9.17) is 14.7 Å². The fraction of sp³-hybridized carbons (Fsp3) is 0.545. The number of amides is 1. The lowest BCUT2D eigenvalue weighted by Crippen LogP contribution is -2.55. The van der Waals surface area contributed by atoms with Crippen LogP contribution in [0.4, 0.5) is 11.5 Å². The van der Waals surface area contributed by atoms with Crippen LogP contribution in [0.3, 0.4) is 0 Å². The summed E-state index contributed by atoms with van der Waals surface area (Å²) in [6, 6.07) is 8.77. The van der Waals surface area contributed by atoms with Crippen LogP contribution in [0.15, 0.2) is 30.9 Å². The van der Waals surface area contributed by atoms with E-state index in [9.17, 15) is 14.9 Å². The van der Waals surface area contributed by atoms with Crippen molar-refractivity contribution in [3.63, 3.8) is 0 Å². The van der Waals surface area contributed by atoms with Gasteiger partial charge < -0.3 is 24.3 Å². The molecule has 0 bridgehead atoms. The summed E-state index contributed by atoms with van der Waals surface area (Å²) in [5.74, 6) is 0.564. The molecule has 3 aliphatic heterocycles. The van der Waals surface area contributed by atoms with Crippen molar-refractivity contribution in [3.8, 4) is 12.1 Å². The molecule has 3 atom stereocenters. The Morgan fingerprint density at radius 3 is 2.81 bits per heavy atom. The Balaban J connectivity index is 1.36. The Morgan fingerprint density at radius 1 is 1.23 bits per heavy atom. The van der Waals surface area contributed by atoms with Gasteiger partial charge in [-0.15, -0.1) is 0 Å². The maximum atomic E-state index is 14.6. The topological polar surface area (TPSA) is 106 Å². The van der Waals surface area contributed by atoms with Crippen LogP contribution in [0.5, 0.6) is 6.01 Å². The molecule has 2 unspecified atom stereocenters. The summed E-state index contributed by atoms with van der Waals surface area (Å²) in [6.07, 6.45) is 5.75. The molecular formula is C33H41N7O3. The second kappa shape index (κ2) is 11.6. The van der Waals surface area contributed by atoms with Crippen molar-refractivity contribution in [1.82, 2.24) is 19.8 Å². The molecule has 0 N–H and O–H groups in total. The highest BCUT2D eigenvalue weighted by atomic mass is 16.5. The summed E-state index contributed by atoms with van der Waals surface area (Å²) in [6.45, 7) is 9.31. The highest BCUT2D eigenvalue weighted by Crippen LogP contribution is 2.46. The number of hydrogen-bond acceptors (Lipinski definition) is 9. The summed E-state index contributed by atoms with van der Waals surface area (Å²) < 4.78 is 6.24. The van der Waals surface area contributed by atoms with Crippen molar-refractivity contribution >= 4 is 23.2 Å². The monoisotopic (exact) mass is 583 g/mol. The number of ketones is 1. The zero-order valence-corrected chi connectivity index (χ0v) is 25.5. The highest BCUT2D eigenvalue weighted by Gasteiger charge is 2.49. The average Bonchev–Trinajstić information content (AvgIpc) is 3.41. The van der Waals surface area contributed by atoms with Gasteiger partial charge in [-0.2, -0.15) is 15.2 Å². The largest absolute Gasteiger partial charge is 0.462 e. The van der Waals surface area contributed by atoms with E-state index >= 15 is 0 Å². The number of rotatable bonds is 6. The standard InChI is InChI=1S/C33H41N7O3/c1-5-27(41)40-17-16-39(19-24(40)12-14-34)31-26-11-13-33(18-23-9-6-8-22(2)29(23)38(4)21-33)30(42)28(26)35-32(36-31)43-20-25-10-7-15-37(25)3/h5-6,8-9,24-25H,1,7,10-13,15-21H2,2-4H3/t24?,25?,33-/m0/s1. The van der Waals surface area contributed by atoms with E-state index in [2.05, 4.69) is 66.6 Å². The molecular weight excluding hydrogens is 542 g/mol. The molecule has 1 aliphatic carbocycles. The number of nitriles is 1. The van der Waals surface area contributed by atoms with Crippen LogP contribution in [0.1, 0.15) is 52.9 Å². The smallest absolute Gasteiger partial charge is 0.319 e. The molecule has 226 valence electrons. The number of anilines is 2. The first-order valence-electron chi connectivity index (χ1n) is 15.4. The predicted octanol–water partition coefficient (Wildman–Crippen LogP) is 3.18. The maximum Gasteiger partial charge on any atom is 0.319 e. The van der Waals surface area contributed by atoms with Gasteiger partial charge in [0, 0.05) is 50.5 Å². The number of hydrogen-bond donors (Lipinski definition) is 0. The number of fused-ring (bicyclic) bond motifs is 2. The molecule has 4 aliphatic rings. The quantitative estimate of drug-likeness (QED) is 0.474. The number of nitrogens with zero attached hydrogens (tertiary/aromatic N) is 7. The van der Waals surface area contributed by atoms with Crippen molar-refractivity contribution in [2.45, 2.75) is 57.5 Å². The molecule has 4 heterocycles. The van der Waals surface area contributed by atoms with Gasteiger partial charge in [0.15, 0.2) is 5.78 Å². The molecule has 2 aromatic rings. The molecule has 2 fully saturated rings. The summed E-state index contributed by atoms with van der Waals surface area (Å²) in [5, 5.41) is 9.53. The second-order valence-corrected chi connectivity index (χ2v) is 12.7. The first kappa shape index (κ1) is 29.1. The number of likely N-dealkylation sites (N-methyl/N-ethyl adjacent to an activating group) is 1. The number of carbonyl (C=O) groups is 2. The summed E-state index contributed by atoms with van der Waals surface area (Å²) in [5.41, 5.74) is 4.36. The van der Waals surface area contributed by atoms with Crippen LogP contribution in [-0.2, 0) is 17.6 Å². The normalized spacial score (nSPS) is 25.3. The lowest BCUT2D eigenvalue weighted by atomic mass is 9.66. The van der Waals surface area contributed by atoms with Gasteiger partial charge in [-0.05, 0) is 69.8 Å². The van der Waals surface area contributed by atoms with Crippen molar-refractivity contribution in [2.75, 3.05) is 63.2 Å². The molecule has 2 saturated heterocycles. The first-order valence-corrected chi connectivity index (χ1v) is 15.4. The molecule has 1 aromatic carbocycles. The van der Waals surface area contributed by atoms with E-state index in [1.54, 1.807) is 4.90 Å². The average molecular weight is 584 g/mol. The van der Waals surface area contributed by atoms with E-state index in [1.165, 1.54) is 22.9 Å². The maximum absolute atomic E-state index is 14.6. The Morgan fingerprint density at radius 2 is 2.07 bits per heavy atom. The minimum absolute atomic E-state index is 0.0493. The zero-order chi connectivity index (χ0) is 30.3. The number of aryl methyl sites for hydroxylation is 1. The number of benzene rings is 1. The van der Waals surface area contributed by atoms with Gasteiger partial charge in [0.2, 0.25) is 5.91 Å². The van der Waals surface area contributed by atoms with Crippen LogP contribution in [0.25, 0.3) is 0 Å². The van der Waals surface area contributed by atoms with Crippen molar-refractivity contribution in [1.29, 1.82) is 5.26 Å². The fourth-order valence-corrected chi connectivity index (χ4v) is 7.70. The molecule has 1 spiro atoms. The molecule has 10 nitrogen and oxygen atoms in total. The number of aromatic nitrogens is 2. The van der Waals surface area contributed by atoms with E-state index in [1.807, 2.05) is 0 Å². The zero-order valence-electron chi connectivity index (χ0n) is 25.5. The number of piperazine rings is 1. The van der Waals surface area contributed by atoms with Gasteiger partial charge in [-0.1, -0.05) is 24.8 Å². The van der Waals surface area contributed by atoms with Gasteiger partial charge in [-0.25, -0.2) is 0 Å². The van der Waals surface area contributed by atoms with Crippen LogP contribution in [-0.4, -0.2) is 97.0 Å². The lowest BCUT2D eigenvalue weighted by molar-refractivity contribution is -0.128. The van der Waals surface area contributed by atoms with Crippen molar-refractivity contribution < 1.29 is 14.3 Å². The third-order valence-corrected chi connectivity index (χ3v) is 9.93. The van der Waals surface area contributed by atoms with Crippen LogP contribution in [0.2, 0.25) is 0 Å². The molecule has 43 heavy (non-hydrogen) atoms. The summed E-state index contributed by atoms with van der Waals surface area (Å²) >= 11 is 0. The Bertz CT molecular complexity index is 1490. The summed E-state index contributed by atoms with van der Waals surface area (Å²) in [7, 11) is 4.18. The molecule has 6 rings (SSSR count). The number of ether oxygens (including phenoxy) is 1. The molecule has 0 radical (unpaired) electrons. The summed E-state index contributed by atoms with van der Waals surface area (Å²) in [4.78, 5) is 45.2.